The number of rotatable bonds is 8. The number of hydrogen-bond donors (Lipinski definition) is 3. The summed E-state index contributed by atoms with van der Waals surface area (Å²) in [7, 11) is 1.60. The predicted molar refractivity (Wildman–Crippen MR) is 125 cm³/mol. The third-order valence-electron chi connectivity index (χ3n) is 5.96. The lowest BCUT2D eigenvalue weighted by Gasteiger charge is -2.21. The zero-order valence-electron chi connectivity index (χ0n) is 19.1. The number of urea groups is 1. The maximum Gasteiger partial charge on any atom is 0.320 e. The van der Waals surface area contributed by atoms with Crippen LogP contribution in [0, 0.1) is 11.6 Å². The van der Waals surface area contributed by atoms with Crippen LogP contribution in [-0.4, -0.2) is 66.0 Å². The number of methoxy groups -OCH3 is 1. The summed E-state index contributed by atoms with van der Waals surface area (Å²) in [4.78, 5) is 27.1. The number of likely N-dealkylation sites (tertiary alicyclic amines) is 1. The molecule has 2 atom stereocenters. The van der Waals surface area contributed by atoms with E-state index in [1.165, 1.54) is 16.9 Å². The van der Waals surface area contributed by atoms with E-state index in [2.05, 4.69) is 20.6 Å². The number of para-hydroxylation sites is 1. The molecule has 3 amide bonds. The quantitative estimate of drug-likeness (QED) is 0.455. The molecule has 1 aliphatic rings. The first kappa shape index (κ1) is 24.3. The highest BCUT2D eigenvalue weighted by Gasteiger charge is 2.35. The summed E-state index contributed by atoms with van der Waals surface area (Å²) in [5, 5.41) is 9.79. The lowest BCUT2D eigenvalue weighted by molar-refractivity contribution is 0.100. The first-order valence-electron chi connectivity index (χ1n) is 11.0. The molecule has 9 nitrogen and oxygen atoms in total. The van der Waals surface area contributed by atoms with Crippen LogP contribution >= 0.6 is 0 Å². The molecule has 11 heteroatoms. The molecule has 4 N–H and O–H groups in total. The highest BCUT2D eigenvalue weighted by Crippen LogP contribution is 2.29. The fraction of sp³-hybridized carbons (Fsp3) is 0.292. The van der Waals surface area contributed by atoms with Gasteiger partial charge in [0.15, 0.2) is 17.5 Å². The zero-order chi connectivity index (χ0) is 24.9. The van der Waals surface area contributed by atoms with Gasteiger partial charge >= 0.3 is 6.03 Å². The minimum Gasteiger partial charge on any atom is -0.383 e. The van der Waals surface area contributed by atoms with Gasteiger partial charge in [0.2, 0.25) is 0 Å². The summed E-state index contributed by atoms with van der Waals surface area (Å²) in [6.07, 6.45) is 1.29. The SMILES string of the molecule is COCCN1CC(NC(=O)Nc2c(C(N)=O)cnn2-c2ccccc2)C(c2ccc(F)c(F)c2)C1. The summed E-state index contributed by atoms with van der Waals surface area (Å²) in [6, 6.07) is 11.7. The summed E-state index contributed by atoms with van der Waals surface area (Å²) < 4.78 is 34.0. The molecule has 2 heterocycles. The number of hydrogen-bond acceptors (Lipinski definition) is 5. The molecule has 35 heavy (non-hydrogen) atoms. The van der Waals surface area contributed by atoms with Crippen molar-refractivity contribution in [3.63, 3.8) is 0 Å². The third kappa shape index (κ3) is 5.47. The molecule has 2 unspecified atom stereocenters. The highest BCUT2D eigenvalue weighted by molar-refractivity contribution is 6.02. The average Bonchev–Trinajstić information content (AvgIpc) is 3.44. The van der Waals surface area contributed by atoms with Gasteiger partial charge in [0.05, 0.1) is 24.5 Å². The maximum atomic E-state index is 13.9. The minimum absolute atomic E-state index is 0.0503. The number of nitrogens with one attached hydrogen (secondary N) is 2. The minimum atomic E-state index is -0.945. The fourth-order valence-corrected chi connectivity index (χ4v) is 4.24. The number of carbonyl (C=O) groups excluding carboxylic acids is 2. The van der Waals surface area contributed by atoms with Crippen LogP contribution in [0.3, 0.4) is 0 Å². The molecule has 1 aliphatic heterocycles. The summed E-state index contributed by atoms with van der Waals surface area (Å²) >= 11 is 0. The Morgan fingerprint density at radius 3 is 2.60 bits per heavy atom. The van der Waals surface area contributed by atoms with Gasteiger partial charge in [-0.1, -0.05) is 24.3 Å². The molecule has 4 rings (SSSR count). The van der Waals surface area contributed by atoms with Gasteiger partial charge in [0.25, 0.3) is 5.91 Å². The number of benzene rings is 2. The predicted octanol–water partition coefficient (Wildman–Crippen LogP) is 2.49. The van der Waals surface area contributed by atoms with Crippen molar-refractivity contribution in [3.05, 3.63) is 77.5 Å². The average molecular weight is 485 g/mol. The Labute approximate surface area is 200 Å². The van der Waals surface area contributed by atoms with Gasteiger partial charge < -0.3 is 15.8 Å². The van der Waals surface area contributed by atoms with E-state index in [1.807, 2.05) is 6.07 Å². The number of nitrogens with two attached hydrogens (primary N) is 1. The van der Waals surface area contributed by atoms with Crippen LogP contribution in [0.1, 0.15) is 21.8 Å². The van der Waals surface area contributed by atoms with Gasteiger partial charge in [-0.2, -0.15) is 5.10 Å². The zero-order valence-corrected chi connectivity index (χ0v) is 19.1. The maximum absolute atomic E-state index is 13.9. The molecular formula is C24H26F2N6O3. The van der Waals surface area contributed by atoms with E-state index in [9.17, 15) is 18.4 Å². The molecule has 0 spiro atoms. The second-order valence-electron chi connectivity index (χ2n) is 8.26. The fourth-order valence-electron chi connectivity index (χ4n) is 4.24. The Bertz CT molecular complexity index is 1200. The Morgan fingerprint density at radius 1 is 1.14 bits per heavy atom. The van der Waals surface area contributed by atoms with Crippen molar-refractivity contribution in [2.45, 2.75) is 12.0 Å². The Morgan fingerprint density at radius 2 is 1.91 bits per heavy atom. The van der Waals surface area contributed by atoms with Gasteiger partial charge in [-0.25, -0.2) is 18.3 Å². The number of anilines is 1. The molecule has 0 saturated carbocycles. The first-order valence-corrected chi connectivity index (χ1v) is 11.0. The van der Waals surface area contributed by atoms with Gasteiger partial charge in [0.1, 0.15) is 5.56 Å². The highest BCUT2D eigenvalue weighted by atomic mass is 19.2. The number of primary amides is 1. The van der Waals surface area contributed by atoms with Crippen molar-refractivity contribution in [1.29, 1.82) is 0 Å². The summed E-state index contributed by atoms with van der Waals surface area (Å²) in [5.41, 5.74) is 6.73. The lowest BCUT2D eigenvalue weighted by Crippen LogP contribution is -2.43. The van der Waals surface area contributed by atoms with Crippen molar-refractivity contribution in [3.8, 4) is 5.69 Å². The van der Waals surface area contributed by atoms with Crippen LogP contribution in [-0.2, 0) is 4.74 Å². The topological polar surface area (TPSA) is 115 Å². The molecule has 184 valence electrons. The number of amides is 3. The van der Waals surface area contributed by atoms with Crippen molar-refractivity contribution in [2.75, 3.05) is 38.7 Å². The second kappa shape index (κ2) is 10.6. The van der Waals surface area contributed by atoms with E-state index in [1.54, 1.807) is 31.4 Å². The molecule has 1 aromatic heterocycles. The van der Waals surface area contributed by atoms with E-state index in [0.717, 1.165) is 12.1 Å². The number of halogens is 2. The molecule has 2 aromatic carbocycles. The van der Waals surface area contributed by atoms with E-state index in [4.69, 9.17) is 10.5 Å². The van der Waals surface area contributed by atoms with Gasteiger partial charge in [-0.05, 0) is 29.8 Å². The van der Waals surface area contributed by atoms with E-state index in [0.29, 0.717) is 37.5 Å². The van der Waals surface area contributed by atoms with Crippen molar-refractivity contribution >= 4 is 17.8 Å². The van der Waals surface area contributed by atoms with Crippen LogP contribution in [0.5, 0.6) is 0 Å². The second-order valence-corrected chi connectivity index (χ2v) is 8.26. The van der Waals surface area contributed by atoms with Gasteiger partial charge in [-0.15, -0.1) is 0 Å². The Hall–Kier alpha value is -3.83. The third-order valence-corrected chi connectivity index (χ3v) is 5.96. The van der Waals surface area contributed by atoms with E-state index in [-0.39, 0.29) is 17.3 Å². The van der Waals surface area contributed by atoms with Crippen molar-refractivity contribution in [1.82, 2.24) is 20.0 Å². The van der Waals surface area contributed by atoms with Crippen LogP contribution in [0.4, 0.5) is 19.4 Å². The van der Waals surface area contributed by atoms with Crippen LogP contribution < -0.4 is 16.4 Å². The molecular weight excluding hydrogens is 458 g/mol. The number of carbonyl (C=O) groups is 2. The molecule has 1 fully saturated rings. The Kier molecular flexibility index (Phi) is 7.37. The molecule has 0 radical (unpaired) electrons. The van der Waals surface area contributed by atoms with E-state index < -0.39 is 29.6 Å². The van der Waals surface area contributed by atoms with Crippen LogP contribution in [0.15, 0.2) is 54.7 Å². The summed E-state index contributed by atoms with van der Waals surface area (Å²) in [6.45, 7) is 2.10. The molecule has 0 bridgehead atoms. The lowest BCUT2D eigenvalue weighted by atomic mass is 9.94. The van der Waals surface area contributed by atoms with E-state index >= 15 is 0 Å². The Balaban J connectivity index is 1.56. The van der Waals surface area contributed by atoms with Crippen LogP contribution in [0.2, 0.25) is 0 Å². The van der Waals surface area contributed by atoms with Crippen LogP contribution in [0.25, 0.3) is 5.69 Å². The van der Waals surface area contributed by atoms with Crippen molar-refractivity contribution < 1.29 is 23.1 Å². The van der Waals surface area contributed by atoms with Crippen molar-refractivity contribution in [2.24, 2.45) is 5.73 Å². The number of aromatic nitrogens is 2. The largest absolute Gasteiger partial charge is 0.383 e. The van der Waals surface area contributed by atoms with Gasteiger partial charge in [0, 0.05) is 32.7 Å². The summed E-state index contributed by atoms with van der Waals surface area (Å²) in [5.74, 6) is -2.78. The standard InChI is InChI=1S/C24H26F2N6O3/c1-35-10-9-31-13-18(15-7-8-19(25)20(26)11-15)21(14-31)29-24(34)30-23-17(22(27)33)12-28-32(23)16-5-3-2-4-6-16/h2-8,11-12,18,21H,9-10,13-14H2,1H3,(H2,27,33)(H2,29,30,34). The molecule has 1 saturated heterocycles. The number of ether oxygens (including phenoxy) is 1. The number of nitrogens with zero attached hydrogens (tertiary/aromatic N) is 3. The smallest absolute Gasteiger partial charge is 0.320 e. The monoisotopic (exact) mass is 484 g/mol. The van der Waals surface area contributed by atoms with Gasteiger partial charge in [-0.3, -0.25) is 15.0 Å². The molecule has 0 aliphatic carbocycles. The first-order chi connectivity index (χ1) is 16.9. The molecule has 3 aromatic rings. The normalized spacial score (nSPS) is 17.9.